The van der Waals surface area contributed by atoms with Crippen LogP contribution in [0.15, 0.2) is 72.8 Å². The number of carbonyl (C=O) groups excluding carboxylic acids is 2. The highest BCUT2D eigenvalue weighted by atomic mass is 19.1. The van der Waals surface area contributed by atoms with E-state index in [4.69, 9.17) is 4.74 Å². The molecule has 4 aromatic rings. The van der Waals surface area contributed by atoms with E-state index in [0.717, 1.165) is 17.3 Å². The Bertz CT molecular complexity index is 1810. The van der Waals surface area contributed by atoms with Crippen LogP contribution in [0.4, 0.5) is 10.1 Å². The predicted octanol–water partition coefficient (Wildman–Crippen LogP) is 4.51. The van der Waals surface area contributed by atoms with Crippen molar-refractivity contribution in [2.24, 2.45) is 0 Å². The van der Waals surface area contributed by atoms with E-state index >= 15 is 0 Å². The summed E-state index contributed by atoms with van der Waals surface area (Å²) in [5.41, 5.74) is 2.68. The van der Waals surface area contributed by atoms with Gasteiger partial charge in [0.2, 0.25) is 12.0 Å². The lowest BCUT2D eigenvalue weighted by Gasteiger charge is -2.37. The molecule has 5 rings (SSSR count). The molecule has 11 nitrogen and oxygen atoms in total. The molecule has 0 aliphatic carbocycles. The molecule has 0 radical (unpaired) electrons. The van der Waals surface area contributed by atoms with Crippen LogP contribution in [0.25, 0.3) is 10.9 Å². The van der Waals surface area contributed by atoms with E-state index in [1.54, 1.807) is 35.2 Å². The van der Waals surface area contributed by atoms with E-state index in [9.17, 15) is 33.8 Å². The number of carbonyl (C=O) groups is 4. The van der Waals surface area contributed by atoms with Crippen LogP contribution in [-0.2, 0) is 14.4 Å². The Hall–Kier alpha value is -5.52. The van der Waals surface area contributed by atoms with Crippen molar-refractivity contribution in [2.45, 2.75) is 38.8 Å². The fourth-order valence-electron chi connectivity index (χ4n) is 5.54. The third-order valence-electron chi connectivity index (χ3n) is 8.06. The van der Waals surface area contributed by atoms with Crippen LogP contribution in [0, 0.1) is 19.7 Å². The SMILES string of the molecule is Cc1cccc(N2CCN(C(=O)[C@H](CCC(=O)O)NC(=O)c3cc(OC(C(=O)O)c4ccccc4)c4cc(F)c(C)cc4n3)CC2)c1. The van der Waals surface area contributed by atoms with Gasteiger partial charge in [-0.3, -0.25) is 14.4 Å². The molecule has 47 heavy (non-hydrogen) atoms. The lowest BCUT2D eigenvalue weighted by atomic mass is 10.1. The van der Waals surface area contributed by atoms with Gasteiger partial charge in [0.25, 0.3) is 5.91 Å². The van der Waals surface area contributed by atoms with Crippen LogP contribution in [0.2, 0.25) is 0 Å². The molecule has 0 spiro atoms. The molecule has 3 N–H and O–H groups in total. The molecule has 2 amide bonds. The number of piperazine rings is 1. The molecule has 1 unspecified atom stereocenters. The van der Waals surface area contributed by atoms with Crippen molar-refractivity contribution in [2.75, 3.05) is 31.1 Å². The number of aryl methyl sites for hydroxylation is 2. The highest BCUT2D eigenvalue weighted by Crippen LogP contribution is 2.32. The smallest absolute Gasteiger partial charge is 0.349 e. The minimum Gasteiger partial charge on any atom is -0.481 e. The largest absolute Gasteiger partial charge is 0.481 e. The number of carboxylic acid groups (broad SMARTS) is 2. The molecule has 12 heteroatoms. The van der Waals surface area contributed by atoms with E-state index < -0.39 is 41.7 Å². The predicted molar refractivity (Wildman–Crippen MR) is 172 cm³/mol. The van der Waals surface area contributed by atoms with Crippen LogP contribution in [-0.4, -0.2) is 76.1 Å². The van der Waals surface area contributed by atoms with E-state index in [0.29, 0.717) is 31.7 Å². The van der Waals surface area contributed by atoms with Gasteiger partial charge in [0.05, 0.1) is 5.52 Å². The number of carboxylic acids is 2. The Labute approximate surface area is 270 Å². The third-order valence-corrected chi connectivity index (χ3v) is 8.06. The quantitative estimate of drug-likeness (QED) is 0.215. The number of aliphatic carboxylic acids is 2. The van der Waals surface area contributed by atoms with Gasteiger partial charge in [-0.1, -0.05) is 42.5 Å². The van der Waals surface area contributed by atoms with Gasteiger partial charge in [-0.15, -0.1) is 0 Å². The number of nitrogens with zero attached hydrogens (tertiary/aromatic N) is 3. The maximum atomic E-state index is 14.7. The highest BCUT2D eigenvalue weighted by molar-refractivity contribution is 5.99. The summed E-state index contributed by atoms with van der Waals surface area (Å²) in [6, 6.07) is 18.8. The first-order valence-electron chi connectivity index (χ1n) is 15.2. The van der Waals surface area contributed by atoms with Crippen LogP contribution >= 0.6 is 0 Å². The third kappa shape index (κ3) is 7.83. The summed E-state index contributed by atoms with van der Waals surface area (Å²) < 4.78 is 20.6. The van der Waals surface area contributed by atoms with Gasteiger partial charge in [-0.05, 0) is 55.7 Å². The number of pyridine rings is 1. The average molecular weight is 643 g/mol. The Kier molecular flexibility index (Phi) is 9.98. The monoisotopic (exact) mass is 642 g/mol. The molecule has 2 heterocycles. The molecular weight excluding hydrogens is 607 g/mol. The molecule has 3 aromatic carbocycles. The van der Waals surface area contributed by atoms with Crippen LogP contribution in [0.5, 0.6) is 5.75 Å². The number of rotatable bonds is 11. The Morgan fingerprint density at radius 3 is 2.32 bits per heavy atom. The summed E-state index contributed by atoms with van der Waals surface area (Å²) in [4.78, 5) is 59.1. The lowest BCUT2D eigenvalue weighted by molar-refractivity contribution is -0.145. The summed E-state index contributed by atoms with van der Waals surface area (Å²) >= 11 is 0. The Morgan fingerprint density at radius 1 is 0.936 bits per heavy atom. The summed E-state index contributed by atoms with van der Waals surface area (Å²) in [5.74, 6) is -4.33. The zero-order valence-corrected chi connectivity index (χ0v) is 26.0. The summed E-state index contributed by atoms with van der Waals surface area (Å²) in [6.07, 6.45) is -2.01. The fourth-order valence-corrected chi connectivity index (χ4v) is 5.54. The highest BCUT2D eigenvalue weighted by Gasteiger charge is 2.31. The maximum absolute atomic E-state index is 14.7. The van der Waals surface area contributed by atoms with Crippen molar-refractivity contribution in [3.05, 3.63) is 101 Å². The molecule has 1 fully saturated rings. The normalized spacial score (nSPS) is 14.4. The molecular formula is C35H35FN4O7. The summed E-state index contributed by atoms with van der Waals surface area (Å²) in [5, 5.41) is 22.1. The van der Waals surface area contributed by atoms with Crippen molar-refractivity contribution in [3.8, 4) is 5.75 Å². The molecule has 1 aliphatic rings. The van der Waals surface area contributed by atoms with E-state index in [-0.39, 0.29) is 40.8 Å². The molecule has 244 valence electrons. The van der Waals surface area contributed by atoms with Gasteiger partial charge in [0.15, 0.2) is 0 Å². The average Bonchev–Trinajstić information content (AvgIpc) is 3.05. The number of hydrogen-bond donors (Lipinski definition) is 3. The topological polar surface area (TPSA) is 149 Å². The molecule has 0 bridgehead atoms. The van der Waals surface area contributed by atoms with Gasteiger partial charge in [0.1, 0.15) is 23.3 Å². The first-order valence-corrected chi connectivity index (χ1v) is 15.2. The zero-order valence-electron chi connectivity index (χ0n) is 26.0. The number of anilines is 1. The molecule has 1 aromatic heterocycles. The van der Waals surface area contributed by atoms with Crippen molar-refractivity contribution in [3.63, 3.8) is 0 Å². The van der Waals surface area contributed by atoms with Gasteiger partial charge in [-0.25, -0.2) is 14.2 Å². The van der Waals surface area contributed by atoms with Gasteiger partial charge >= 0.3 is 11.9 Å². The van der Waals surface area contributed by atoms with Gasteiger partial charge in [-0.2, -0.15) is 0 Å². The minimum atomic E-state index is -1.48. The van der Waals surface area contributed by atoms with E-state index in [1.165, 1.54) is 19.1 Å². The molecule has 2 atom stereocenters. The summed E-state index contributed by atoms with van der Waals surface area (Å²) in [7, 11) is 0. The number of halogens is 1. The number of ether oxygens (including phenoxy) is 1. The molecule has 1 saturated heterocycles. The number of hydrogen-bond acceptors (Lipinski definition) is 7. The number of amides is 2. The second-order valence-corrected chi connectivity index (χ2v) is 11.5. The van der Waals surface area contributed by atoms with Crippen molar-refractivity contribution in [1.82, 2.24) is 15.2 Å². The fraction of sp³-hybridized carbons (Fsp3) is 0.286. The summed E-state index contributed by atoms with van der Waals surface area (Å²) in [6.45, 7) is 5.39. The van der Waals surface area contributed by atoms with Crippen LogP contribution in [0.3, 0.4) is 0 Å². The number of benzene rings is 3. The van der Waals surface area contributed by atoms with Crippen molar-refractivity contribution < 1.29 is 38.5 Å². The van der Waals surface area contributed by atoms with E-state index in [1.807, 2.05) is 25.1 Å². The minimum absolute atomic E-state index is 0.101. The Balaban J connectivity index is 1.40. The maximum Gasteiger partial charge on any atom is 0.349 e. The van der Waals surface area contributed by atoms with Crippen LogP contribution < -0.4 is 15.0 Å². The second-order valence-electron chi connectivity index (χ2n) is 11.5. The standard InChI is InChI=1S/C35H35FN4O7/c1-21-7-6-10-24(17-21)39-13-15-40(16-14-39)34(44)27(11-12-31(41)42)38-33(43)29-20-30(25-19-26(36)22(2)18-28(25)37-29)47-32(35(45)46)23-8-4-3-5-9-23/h3-10,17-20,27,32H,11-16H2,1-2H3,(H,38,43)(H,41,42)(H,45,46)/t27-,32?/m0/s1. The van der Waals surface area contributed by atoms with Crippen molar-refractivity contribution >= 4 is 40.3 Å². The Morgan fingerprint density at radius 2 is 1.66 bits per heavy atom. The lowest BCUT2D eigenvalue weighted by Crippen LogP contribution is -2.55. The molecule has 1 aliphatic heterocycles. The number of fused-ring (bicyclic) bond motifs is 1. The number of nitrogens with one attached hydrogen (secondary N) is 1. The van der Waals surface area contributed by atoms with Crippen molar-refractivity contribution in [1.29, 1.82) is 0 Å². The molecule has 0 saturated carbocycles. The zero-order chi connectivity index (χ0) is 33.7. The van der Waals surface area contributed by atoms with E-state index in [2.05, 4.69) is 21.3 Å². The van der Waals surface area contributed by atoms with Gasteiger partial charge in [0, 0.05) is 55.3 Å². The first-order chi connectivity index (χ1) is 22.5. The van der Waals surface area contributed by atoms with Crippen LogP contribution in [0.1, 0.15) is 46.1 Å². The second kappa shape index (κ2) is 14.3. The first kappa shape index (κ1) is 32.9. The number of aromatic nitrogens is 1. The van der Waals surface area contributed by atoms with Gasteiger partial charge < -0.3 is 30.1 Å².